The van der Waals surface area contributed by atoms with Crippen molar-refractivity contribution < 1.29 is 13.2 Å². The van der Waals surface area contributed by atoms with Crippen LogP contribution in [0.2, 0.25) is 0 Å². The summed E-state index contributed by atoms with van der Waals surface area (Å²) < 4.78 is 25.0. The van der Waals surface area contributed by atoms with Crippen molar-refractivity contribution in [3.8, 4) is 0 Å². The molecule has 2 amide bonds. The van der Waals surface area contributed by atoms with Gasteiger partial charge in [-0.15, -0.1) is 0 Å². The first-order valence-electron chi connectivity index (χ1n) is 8.47. The van der Waals surface area contributed by atoms with E-state index in [1.165, 1.54) is 5.56 Å². The van der Waals surface area contributed by atoms with Crippen molar-refractivity contribution in [2.45, 2.75) is 32.9 Å². The molecule has 140 valence electrons. The molecule has 0 heterocycles. The Morgan fingerprint density at radius 1 is 1.08 bits per heavy atom. The third-order valence-corrected chi connectivity index (χ3v) is 4.53. The van der Waals surface area contributed by atoms with E-state index < -0.39 is 10.0 Å². The average Bonchev–Trinajstić information content (AvgIpc) is 2.59. The molecule has 26 heavy (non-hydrogen) atoms. The predicted octanol–water partition coefficient (Wildman–Crippen LogP) is 3.18. The van der Waals surface area contributed by atoms with E-state index in [2.05, 4.69) is 34.4 Å². The number of hydrogen-bond acceptors (Lipinski definition) is 3. The fraction of sp³-hybridized carbons (Fsp3) is 0.316. The van der Waals surface area contributed by atoms with Crippen LogP contribution in [0.3, 0.4) is 0 Å². The van der Waals surface area contributed by atoms with Gasteiger partial charge in [0.1, 0.15) is 0 Å². The maximum atomic E-state index is 12.1. The molecule has 0 spiro atoms. The lowest BCUT2D eigenvalue weighted by Gasteiger charge is -2.16. The molecular weight excluding hydrogens is 350 g/mol. The van der Waals surface area contributed by atoms with Gasteiger partial charge in [0, 0.05) is 12.2 Å². The highest BCUT2D eigenvalue weighted by atomic mass is 32.2. The molecule has 0 aliphatic heterocycles. The van der Waals surface area contributed by atoms with Crippen LogP contribution in [-0.2, 0) is 23.0 Å². The number of nitrogens with one attached hydrogen (secondary N) is 3. The summed E-state index contributed by atoms with van der Waals surface area (Å²) in [5, 5.41) is 5.68. The molecule has 0 fully saturated rings. The highest BCUT2D eigenvalue weighted by Gasteiger charge is 2.09. The van der Waals surface area contributed by atoms with Gasteiger partial charge in [-0.3, -0.25) is 4.72 Å². The number of benzene rings is 2. The van der Waals surface area contributed by atoms with E-state index in [-0.39, 0.29) is 12.1 Å². The third kappa shape index (κ3) is 6.40. The van der Waals surface area contributed by atoms with Crippen molar-refractivity contribution in [3.05, 3.63) is 65.2 Å². The molecular formula is C19H25N3O3S. The molecule has 0 saturated heterocycles. The molecule has 0 bridgehead atoms. The lowest BCUT2D eigenvalue weighted by atomic mass is 10.1. The first-order valence-corrected chi connectivity index (χ1v) is 10.4. The minimum absolute atomic E-state index is 0.112. The standard InChI is InChI=1S/C19H25N3O3S/c1-4-15-8-10-17(11-9-15)14(2)21-19(23)20-13-16-6-5-7-18(12-16)22-26(3,24)25/h5-12,14,22H,4,13H2,1-3H3,(H2,20,21,23)/t14-/m0/s1. The molecule has 6 nitrogen and oxygen atoms in total. The van der Waals surface area contributed by atoms with Crippen LogP contribution < -0.4 is 15.4 Å². The average molecular weight is 375 g/mol. The van der Waals surface area contributed by atoms with Crippen molar-refractivity contribution in [2.24, 2.45) is 0 Å². The smallest absolute Gasteiger partial charge is 0.315 e. The molecule has 0 aliphatic carbocycles. The number of urea groups is 1. The predicted molar refractivity (Wildman–Crippen MR) is 105 cm³/mol. The molecule has 0 aromatic heterocycles. The summed E-state index contributed by atoms with van der Waals surface area (Å²) in [6.07, 6.45) is 2.08. The Balaban J connectivity index is 1.89. The summed E-state index contributed by atoms with van der Waals surface area (Å²) in [6.45, 7) is 4.33. The summed E-state index contributed by atoms with van der Waals surface area (Å²) in [7, 11) is -3.33. The summed E-state index contributed by atoms with van der Waals surface area (Å²) in [6, 6.07) is 14.7. The molecule has 0 aliphatic rings. The second kappa shape index (κ2) is 8.71. The van der Waals surface area contributed by atoms with Crippen LogP contribution in [0.5, 0.6) is 0 Å². The van der Waals surface area contributed by atoms with Crippen molar-refractivity contribution >= 4 is 21.7 Å². The molecule has 7 heteroatoms. The highest BCUT2D eigenvalue weighted by Crippen LogP contribution is 2.14. The summed E-state index contributed by atoms with van der Waals surface area (Å²) in [4.78, 5) is 12.1. The number of carbonyl (C=O) groups excluding carboxylic acids is 1. The molecule has 3 N–H and O–H groups in total. The van der Waals surface area contributed by atoms with Crippen LogP contribution in [0.4, 0.5) is 10.5 Å². The fourth-order valence-electron chi connectivity index (χ4n) is 2.51. The van der Waals surface area contributed by atoms with Crippen LogP contribution in [0.25, 0.3) is 0 Å². The van der Waals surface area contributed by atoms with E-state index in [1.54, 1.807) is 18.2 Å². The first-order chi connectivity index (χ1) is 12.3. The molecule has 1 atom stereocenters. The second-order valence-electron chi connectivity index (χ2n) is 6.22. The van der Waals surface area contributed by atoms with E-state index >= 15 is 0 Å². The zero-order valence-electron chi connectivity index (χ0n) is 15.2. The number of carbonyl (C=O) groups is 1. The minimum Gasteiger partial charge on any atom is -0.334 e. The maximum Gasteiger partial charge on any atom is 0.315 e. The second-order valence-corrected chi connectivity index (χ2v) is 7.97. The SMILES string of the molecule is CCc1ccc([C@H](C)NC(=O)NCc2cccc(NS(C)(=O)=O)c2)cc1. The van der Waals surface area contributed by atoms with Gasteiger partial charge in [-0.1, -0.05) is 43.3 Å². The summed E-state index contributed by atoms with van der Waals surface area (Å²) in [5.74, 6) is 0. The topological polar surface area (TPSA) is 87.3 Å². The van der Waals surface area contributed by atoms with E-state index in [1.807, 2.05) is 25.1 Å². The zero-order chi connectivity index (χ0) is 19.2. The van der Waals surface area contributed by atoms with Crippen LogP contribution in [0.1, 0.15) is 36.6 Å². The van der Waals surface area contributed by atoms with Crippen molar-refractivity contribution in [3.63, 3.8) is 0 Å². The van der Waals surface area contributed by atoms with Gasteiger partial charge in [0.15, 0.2) is 0 Å². The van der Waals surface area contributed by atoms with Gasteiger partial charge in [0.05, 0.1) is 12.3 Å². The maximum absolute atomic E-state index is 12.1. The Hall–Kier alpha value is -2.54. The van der Waals surface area contributed by atoms with Gasteiger partial charge in [0.25, 0.3) is 0 Å². The largest absolute Gasteiger partial charge is 0.334 e. The lowest BCUT2D eigenvalue weighted by Crippen LogP contribution is -2.36. The molecule has 0 radical (unpaired) electrons. The van der Waals surface area contributed by atoms with Crippen LogP contribution in [0, 0.1) is 0 Å². The van der Waals surface area contributed by atoms with Crippen LogP contribution in [-0.4, -0.2) is 20.7 Å². The summed E-state index contributed by atoms with van der Waals surface area (Å²) in [5.41, 5.74) is 3.56. The Bertz CT molecular complexity index is 849. The van der Waals surface area contributed by atoms with Crippen LogP contribution in [0.15, 0.2) is 48.5 Å². The van der Waals surface area contributed by atoms with Crippen molar-refractivity contribution in [2.75, 3.05) is 11.0 Å². The van der Waals surface area contributed by atoms with Gasteiger partial charge in [-0.05, 0) is 42.2 Å². The van der Waals surface area contributed by atoms with E-state index in [9.17, 15) is 13.2 Å². The molecule has 2 rings (SSSR count). The van der Waals surface area contributed by atoms with E-state index in [0.717, 1.165) is 23.8 Å². The molecule has 0 unspecified atom stereocenters. The number of amides is 2. The van der Waals surface area contributed by atoms with Crippen molar-refractivity contribution in [1.29, 1.82) is 0 Å². The minimum atomic E-state index is -3.33. The Morgan fingerprint density at radius 3 is 2.38 bits per heavy atom. The number of sulfonamides is 1. The van der Waals surface area contributed by atoms with E-state index in [0.29, 0.717) is 12.2 Å². The number of aryl methyl sites for hydroxylation is 1. The number of rotatable bonds is 7. The van der Waals surface area contributed by atoms with Gasteiger partial charge in [-0.2, -0.15) is 0 Å². The van der Waals surface area contributed by atoms with Gasteiger partial charge < -0.3 is 10.6 Å². The van der Waals surface area contributed by atoms with Gasteiger partial charge in [0.2, 0.25) is 10.0 Å². The van der Waals surface area contributed by atoms with Gasteiger partial charge >= 0.3 is 6.03 Å². The lowest BCUT2D eigenvalue weighted by molar-refractivity contribution is 0.237. The summed E-state index contributed by atoms with van der Waals surface area (Å²) >= 11 is 0. The normalized spacial score (nSPS) is 12.3. The number of hydrogen-bond donors (Lipinski definition) is 3. The Labute approximate surface area is 155 Å². The van der Waals surface area contributed by atoms with E-state index in [4.69, 9.17) is 0 Å². The first kappa shape index (κ1) is 19.8. The molecule has 2 aromatic rings. The van der Waals surface area contributed by atoms with Gasteiger partial charge in [-0.25, -0.2) is 13.2 Å². The van der Waals surface area contributed by atoms with Crippen molar-refractivity contribution in [1.82, 2.24) is 10.6 Å². The number of anilines is 1. The Kier molecular flexibility index (Phi) is 6.63. The quantitative estimate of drug-likeness (QED) is 0.694. The Morgan fingerprint density at radius 2 is 1.77 bits per heavy atom. The molecule has 2 aromatic carbocycles. The highest BCUT2D eigenvalue weighted by molar-refractivity contribution is 7.92. The van der Waals surface area contributed by atoms with Crippen LogP contribution >= 0.6 is 0 Å². The zero-order valence-corrected chi connectivity index (χ0v) is 16.1. The monoisotopic (exact) mass is 375 g/mol. The third-order valence-electron chi connectivity index (χ3n) is 3.92. The fourth-order valence-corrected chi connectivity index (χ4v) is 3.07. The molecule has 0 saturated carbocycles.